The Kier molecular flexibility index (Phi) is 13.5. The molecule has 0 aliphatic carbocycles. The number of benzene rings is 1. The lowest BCUT2D eigenvalue weighted by molar-refractivity contribution is 0.0512. The van der Waals surface area contributed by atoms with Crippen LogP contribution in [-0.4, -0.2) is 22.4 Å². The lowest BCUT2D eigenvalue weighted by atomic mass is 9.84. The Labute approximate surface area is 205 Å². The summed E-state index contributed by atoms with van der Waals surface area (Å²) in [5.41, 5.74) is 3.20. The number of hydrogen-bond donors (Lipinski definition) is 2. The summed E-state index contributed by atoms with van der Waals surface area (Å²) in [5.74, 6) is 3.98. The van der Waals surface area contributed by atoms with E-state index in [4.69, 9.17) is 9.84 Å². The van der Waals surface area contributed by atoms with Gasteiger partial charge in [0.05, 0.1) is 0 Å². The van der Waals surface area contributed by atoms with Crippen molar-refractivity contribution in [1.29, 1.82) is 0 Å². The lowest BCUT2D eigenvalue weighted by Gasteiger charge is -2.37. The number of hydrogen-bond acceptors (Lipinski definition) is 3. The van der Waals surface area contributed by atoms with Crippen LogP contribution < -0.4 is 4.74 Å². The van der Waals surface area contributed by atoms with Crippen LogP contribution in [-0.2, 0) is 6.42 Å². The molecule has 3 heteroatoms. The molecule has 1 aromatic rings. The van der Waals surface area contributed by atoms with Crippen LogP contribution >= 0.6 is 0 Å². The number of phenols is 1. The molecule has 0 amide bonds. The van der Waals surface area contributed by atoms with Crippen molar-refractivity contribution in [2.24, 2.45) is 17.8 Å². The first kappa shape index (κ1) is 29.8. The third-order valence-electron chi connectivity index (χ3n) is 7.35. The minimum Gasteiger partial charge on any atom is -0.508 e. The second-order valence-corrected chi connectivity index (χ2v) is 11.4. The molecule has 0 fully saturated rings. The highest BCUT2D eigenvalue weighted by atomic mass is 16.5. The Balaban J connectivity index is 0.00000172. The molecule has 0 spiro atoms. The van der Waals surface area contributed by atoms with E-state index in [1.807, 2.05) is 13.0 Å². The number of fused-ring (bicyclic) bond motifs is 1. The fourth-order valence-electron chi connectivity index (χ4n) is 5.05. The van der Waals surface area contributed by atoms with Crippen molar-refractivity contribution in [2.75, 3.05) is 6.61 Å². The zero-order valence-corrected chi connectivity index (χ0v) is 23.1. The van der Waals surface area contributed by atoms with Gasteiger partial charge in [-0.25, -0.2) is 0 Å². The summed E-state index contributed by atoms with van der Waals surface area (Å²) in [4.78, 5) is 0. The van der Waals surface area contributed by atoms with Crippen molar-refractivity contribution in [2.45, 2.75) is 132 Å². The van der Waals surface area contributed by atoms with Gasteiger partial charge in [-0.1, -0.05) is 72.6 Å². The standard InChI is InChI=1S/C28H48O2.C2H6O/c1-20(2)11-8-12-21(3)13-9-14-22(4)15-10-17-28(7)18-16-25-24(6)26(29)19-23(5)27(25)30-28;1-2-3/h19-22,29H,8-18H2,1-7H3;3H,2H2,1H3/t21?,22?,28-;/m1./s1. The quantitative estimate of drug-likeness (QED) is 0.327. The summed E-state index contributed by atoms with van der Waals surface area (Å²) in [7, 11) is 0. The van der Waals surface area contributed by atoms with Gasteiger partial charge in [0, 0.05) is 12.2 Å². The number of aliphatic hydroxyl groups excluding tert-OH is 1. The van der Waals surface area contributed by atoms with Gasteiger partial charge in [0.1, 0.15) is 17.1 Å². The number of phenolic OH excluding ortho intramolecular Hbond substituents is 1. The SMILES string of the molecule is CCO.Cc1cc(O)c(C)c2c1O[C@](C)(CCCC(C)CCCC(C)CCCC(C)C)CC2. The minimum atomic E-state index is -0.0637. The number of aliphatic hydroxyl groups is 1. The highest BCUT2D eigenvalue weighted by Gasteiger charge is 2.33. The molecule has 3 nitrogen and oxygen atoms in total. The average molecular weight is 463 g/mol. The largest absolute Gasteiger partial charge is 0.508 e. The fraction of sp³-hybridized carbons (Fsp3) is 0.800. The molecule has 1 aromatic carbocycles. The molecule has 0 bridgehead atoms. The maximum absolute atomic E-state index is 10.1. The maximum atomic E-state index is 10.1. The van der Waals surface area contributed by atoms with Gasteiger partial charge in [-0.15, -0.1) is 0 Å². The number of ether oxygens (including phenoxy) is 1. The van der Waals surface area contributed by atoms with Gasteiger partial charge in [0.15, 0.2) is 0 Å². The summed E-state index contributed by atoms with van der Waals surface area (Å²) in [6.07, 6.45) is 14.1. The monoisotopic (exact) mass is 462 g/mol. The molecule has 2 N–H and O–H groups in total. The van der Waals surface area contributed by atoms with Gasteiger partial charge in [-0.2, -0.15) is 0 Å². The predicted molar refractivity (Wildman–Crippen MR) is 142 cm³/mol. The van der Waals surface area contributed by atoms with E-state index in [1.54, 1.807) is 6.92 Å². The van der Waals surface area contributed by atoms with Crippen molar-refractivity contribution >= 4 is 0 Å². The van der Waals surface area contributed by atoms with Crippen molar-refractivity contribution in [1.82, 2.24) is 0 Å². The molecule has 0 saturated heterocycles. The lowest BCUT2D eigenvalue weighted by Crippen LogP contribution is -2.37. The summed E-state index contributed by atoms with van der Waals surface area (Å²) in [5, 5.41) is 17.7. The Morgan fingerprint density at radius 1 is 0.939 bits per heavy atom. The number of aromatic hydroxyl groups is 1. The molecule has 0 radical (unpaired) electrons. The molecular weight excluding hydrogens is 408 g/mol. The highest BCUT2D eigenvalue weighted by Crippen LogP contribution is 2.42. The smallest absolute Gasteiger partial charge is 0.126 e. The Morgan fingerprint density at radius 3 is 2.00 bits per heavy atom. The van der Waals surface area contributed by atoms with E-state index in [0.717, 1.165) is 53.9 Å². The number of aryl methyl sites for hydroxylation is 1. The summed E-state index contributed by atoms with van der Waals surface area (Å²) in [6, 6.07) is 1.85. The fourth-order valence-corrected chi connectivity index (χ4v) is 5.05. The molecule has 33 heavy (non-hydrogen) atoms. The second kappa shape index (κ2) is 14.9. The normalized spacial score (nSPS) is 19.3. The van der Waals surface area contributed by atoms with Crippen LogP contribution in [0.5, 0.6) is 11.5 Å². The molecule has 1 aliphatic heterocycles. The van der Waals surface area contributed by atoms with E-state index < -0.39 is 0 Å². The van der Waals surface area contributed by atoms with Crippen LogP contribution in [0.4, 0.5) is 0 Å². The minimum absolute atomic E-state index is 0.0637. The van der Waals surface area contributed by atoms with Crippen LogP contribution in [0.3, 0.4) is 0 Å². The van der Waals surface area contributed by atoms with Crippen LogP contribution in [0.2, 0.25) is 0 Å². The molecule has 192 valence electrons. The maximum Gasteiger partial charge on any atom is 0.126 e. The van der Waals surface area contributed by atoms with Crippen molar-refractivity contribution in [3.8, 4) is 11.5 Å². The second-order valence-electron chi connectivity index (χ2n) is 11.4. The summed E-state index contributed by atoms with van der Waals surface area (Å²) in [6.45, 7) is 17.8. The number of rotatable bonds is 12. The Hall–Kier alpha value is -1.22. The van der Waals surface area contributed by atoms with Gasteiger partial charge in [0.25, 0.3) is 0 Å². The van der Waals surface area contributed by atoms with Gasteiger partial charge in [-0.05, 0) is 88.3 Å². The molecule has 1 aliphatic rings. The zero-order valence-electron chi connectivity index (χ0n) is 23.1. The van der Waals surface area contributed by atoms with Crippen LogP contribution in [0.15, 0.2) is 6.07 Å². The molecule has 0 saturated carbocycles. The van der Waals surface area contributed by atoms with E-state index in [0.29, 0.717) is 5.75 Å². The predicted octanol–water partition coefficient (Wildman–Crippen LogP) is 8.53. The van der Waals surface area contributed by atoms with Crippen molar-refractivity contribution < 1.29 is 14.9 Å². The summed E-state index contributed by atoms with van der Waals surface area (Å²) >= 11 is 0. The first-order valence-electron chi connectivity index (χ1n) is 13.6. The van der Waals surface area contributed by atoms with Crippen LogP contribution in [0.1, 0.15) is 122 Å². The topological polar surface area (TPSA) is 49.7 Å². The first-order valence-corrected chi connectivity index (χ1v) is 13.6. The van der Waals surface area contributed by atoms with Crippen LogP contribution in [0, 0.1) is 31.6 Å². The molecule has 3 atom stereocenters. The molecule has 1 heterocycles. The van der Waals surface area contributed by atoms with Crippen molar-refractivity contribution in [3.05, 3.63) is 22.8 Å². The van der Waals surface area contributed by atoms with Gasteiger partial charge in [0.2, 0.25) is 0 Å². The summed E-state index contributed by atoms with van der Waals surface area (Å²) < 4.78 is 6.52. The van der Waals surface area contributed by atoms with Gasteiger partial charge >= 0.3 is 0 Å². The van der Waals surface area contributed by atoms with Gasteiger partial charge in [-0.3, -0.25) is 0 Å². The third kappa shape index (κ3) is 10.7. The Morgan fingerprint density at radius 2 is 1.45 bits per heavy atom. The van der Waals surface area contributed by atoms with Gasteiger partial charge < -0.3 is 14.9 Å². The first-order chi connectivity index (χ1) is 15.5. The average Bonchev–Trinajstić information content (AvgIpc) is 2.72. The zero-order chi connectivity index (χ0) is 25.0. The van der Waals surface area contributed by atoms with Crippen molar-refractivity contribution in [3.63, 3.8) is 0 Å². The highest BCUT2D eigenvalue weighted by molar-refractivity contribution is 5.53. The molecule has 2 unspecified atom stereocenters. The molecule has 2 rings (SSSR count). The van der Waals surface area contributed by atoms with E-state index in [1.165, 1.54) is 56.9 Å². The molecular formula is C30H54O3. The van der Waals surface area contributed by atoms with E-state index in [9.17, 15) is 5.11 Å². The van der Waals surface area contributed by atoms with E-state index >= 15 is 0 Å². The van der Waals surface area contributed by atoms with Crippen LogP contribution in [0.25, 0.3) is 0 Å². The van der Waals surface area contributed by atoms with E-state index in [2.05, 4.69) is 41.5 Å². The third-order valence-corrected chi connectivity index (χ3v) is 7.35. The van der Waals surface area contributed by atoms with E-state index in [-0.39, 0.29) is 12.2 Å². The molecule has 0 aromatic heterocycles. The Bertz CT molecular complexity index is 682.